The molecule has 1 fully saturated rings. The van der Waals surface area contributed by atoms with Crippen molar-refractivity contribution < 1.29 is 9.59 Å². The Hall–Kier alpha value is -1.96. The molecule has 1 aromatic carbocycles. The summed E-state index contributed by atoms with van der Waals surface area (Å²) in [4.78, 5) is 31.0. The van der Waals surface area contributed by atoms with Gasteiger partial charge in [0.15, 0.2) is 5.13 Å². The largest absolute Gasteiger partial charge is 0.343 e. The first-order valence-electron chi connectivity index (χ1n) is 9.00. The Kier molecular flexibility index (Phi) is 6.82. The van der Waals surface area contributed by atoms with E-state index in [2.05, 4.69) is 27.4 Å². The lowest BCUT2D eigenvalue weighted by Crippen LogP contribution is -2.34. The average Bonchev–Trinajstić information content (AvgIpc) is 3.07. The van der Waals surface area contributed by atoms with E-state index in [1.807, 2.05) is 5.38 Å². The first-order chi connectivity index (χ1) is 13.0. The Morgan fingerprint density at radius 3 is 2.96 bits per heavy atom. The van der Waals surface area contributed by atoms with Gasteiger partial charge < -0.3 is 10.6 Å². The second-order valence-corrected chi connectivity index (χ2v) is 8.10. The van der Waals surface area contributed by atoms with Crippen LogP contribution in [0.4, 0.5) is 5.13 Å². The van der Waals surface area contributed by atoms with Crippen LogP contribution in [0.3, 0.4) is 0 Å². The molecule has 1 aromatic heterocycles. The number of piperidine rings is 1. The van der Waals surface area contributed by atoms with E-state index in [9.17, 15) is 9.59 Å². The van der Waals surface area contributed by atoms with Crippen molar-refractivity contribution in [3.63, 3.8) is 0 Å². The summed E-state index contributed by atoms with van der Waals surface area (Å²) in [6.07, 6.45) is 2.51. The molecule has 0 bridgehead atoms. The highest BCUT2D eigenvalue weighted by Crippen LogP contribution is 2.21. The minimum absolute atomic E-state index is 0.136. The van der Waals surface area contributed by atoms with E-state index in [0.717, 1.165) is 31.2 Å². The van der Waals surface area contributed by atoms with Gasteiger partial charge in [-0.05, 0) is 37.4 Å². The van der Waals surface area contributed by atoms with Gasteiger partial charge in [0.1, 0.15) is 0 Å². The maximum Gasteiger partial charge on any atom is 0.253 e. The Balaban J connectivity index is 1.46. The molecule has 0 saturated carbocycles. The van der Waals surface area contributed by atoms with Crippen molar-refractivity contribution in [3.05, 3.63) is 45.9 Å². The minimum Gasteiger partial charge on any atom is -0.343 e. The van der Waals surface area contributed by atoms with Crippen LogP contribution in [0.15, 0.2) is 29.6 Å². The monoisotopic (exact) mass is 406 g/mol. The quantitative estimate of drug-likeness (QED) is 0.771. The van der Waals surface area contributed by atoms with Crippen LogP contribution in [0, 0.1) is 5.92 Å². The van der Waals surface area contributed by atoms with Gasteiger partial charge >= 0.3 is 0 Å². The standard InChI is InChI=1S/C19H23ClN4O2S/c1-13-5-4-8-24(10-13)11-14-12-27-19(22-14)23-17(25)9-21-18(26)15-6-2-3-7-16(15)20/h2-3,6-7,12-13H,4-5,8-11H2,1H3,(H,21,26)(H,22,23,25). The number of likely N-dealkylation sites (tertiary alicyclic amines) is 1. The number of nitrogens with zero attached hydrogens (tertiary/aromatic N) is 2. The smallest absolute Gasteiger partial charge is 0.253 e. The van der Waals surface area contributed by atoms with Gasteiger partial charge in [-0.15, -0.1) is 11.3 Å². The van der Waals surface area contributed by atoms with Crippen LogP contribution < -0.4 is 10.6 Å². The number of anilines is 1. The number of hydrogen-bond donors (Lipinski definition) is 2. The topological polar surface area (TPSA) is 74.3 Å². The normalized spacial score (nSPS) is 17.5. The number of carbonyl (C=O) groups excluding carboxylic acids is 2. The molecule has 2 heterocycles. The summed E-state index contributed by atoms with van der Waals surface area (Å²) in [5.74, 6) is 0.0241. The van der Waals surface area contributed by atoms with E-state index in [1.165, 1.54) is 24.2 Å². The molecule has 2 aromatic rings. The number of thiazole rings is 1. The molecule has 1 aliphatic rings. The van der Waals surface area contributed by atoms with E-state index in [-0.39, 0.29) is 18.4 Å². The number of carbonyl (C=O) groups is 2. The third-order valence-electron chi connectivity index (χ3n) is 4.45. The summed E-state index contributed by atoms with van der Waals surface area (Å²) in [7, 11) is 0. The number of aromatic nitrogens is 1. The predicted octanol–water partition coefficient (Wildman–Crippen LogP) is 3.40. The van der Waals surface area contributed by atoms with Gasteiger partial charge in [-0.1, -0.05) is 30.7 Å². The lowest BCUT2D eigenvalue weighted by Gasteiger charge is -2.30. The molecule has 1 atom stereocenters. The summed E-state index contributed by atoms with van der Waals surface area (Å²) in [6, 6.07) is 6.72. The number of amides is 2. The summed E-state index contributed by atoms with van der Waals surface area (Å²) in [5.41, 5.74) is 1.31. The molecule has 144 valence electrons. The first kappa shape index (κ1) is 19.8. The van der Waals surface area contributed by atoms with Crippen molar-refractivity contribution in [1.29, 1.82) is 0 Å². The fraction of sp³-hybridized carbons (Fsp3) is 0.421. The average molecular weight is 407 g/mol. The molecule has 1 unspecified atom stereocenters. The molecule has 2 N–H and O–H groups in total. The SMILES string of the molecule is CC1CCCN(Cc2csc(NC(=O)CNC(=O)c3ccccc3Cl)n2)C1. The van der Waals surface area contributed by atoms with Gasteiger partial charge in [-0.2, -0.15) is 0 Å². The molecule has 8 heteroatoms. The van der Waals surface area contributed by atoms with Gasteiger partial charge in [-0.25, -0.2) is 4.98 Å². The summed E-state index contributed by atoms with van der Waals surface area (Å²) >= 11 is 7.38. The van der Waals surface area contributed by atoms with Gasteiger partial charge in [0.05, 0.1) is 22.8 Å². The molecule has 6 nitrogen and oxygen atoms in total. The van der Waals surface area contributed by atoms with E-state index in [4.69, 9.17) is 11.6 Å². The van der Waals surface area contributed by atoms with Gasteiger partial charge in [-0.3, -0.25) is 14.5 Å². The number of halogens is 1. The highest BCUT2D eigenvalue weighted by Gasteiger charge is 2.18. The van der Waals surface area contributed by atoms with Crippen molar-refractivity contribution >= 4 is 39.9 Å². The Morgan fingerprint density at radius 2 is 2.19 bits per heavy atom. The third kappa shape index (κ3) is 5.76. The maximum absolute atomic E-state index is 12.1. The lowest BCUT2D eigenvalue weighted by molar-refractivity contribution is -0.115. The third-order valence-corrected chi connectivity index (χ3v) is 5.59. The molecule has 1 aliphatic heterocycles. The summed E-state index contributed by atoms with van der Waals surface area (Å²) < 4.78 is 0. The Morgan fingerprint density at radius 1 is 1.37 bits per heavy atom. The van der Waals surface area contributed by atoms with Crippen LogP contribution in [0.2, 0.25) is 5.02 Å². The van der Waals surface area contributed by atoms with Crippen molar-refractivity contribution in [2.75, 3.05) is 25.0 Å². The van der Waals surface area contributed by atoms with Crippen molar-refractivity contribution in [3.8, 4) is 0 Å². The molecule has 0 spiro atoms. The Labute approximate surface area is 167 Å². The highest BCUT2D eigenvalue weighted by molar-refractivity contribution is 7.13. The van der Waals surface area contributed by atoms with E-state index < -0.39 is 0 Å². The van der Waals surface area contributed by atoms with E-state index >= 15 is 0 Å². The van der Waals surface area contributed by atoms with Crippen LogP contribution >= 0.6 is 22.9 Å². The van der Waals surface area contributed by atoms with Crippen LogP contribution in [0.25, 0.3) is 0 Å². The second kappa shape index (κ2) is 9.30. The number of hydrogen-bond acceptors (Lipinski definition) is 5. The van der Waals surface area contributed by atoms with Gasteiger partial charge in [0.25, 0.3) is 5.91 Å². The molecular weight excluding hydrogens is 384 g/mol. The van der Waals surface area contributed by atoms with Gasteiger partial charge in [0.2, 0.25) is 5.91 Å². The van der Waals surface area contributed by atoms with Crippen LogP contribution in [-0.2, 0) is 11.3 Å². The van der Waals surface area contributed by atoms with Crippen molar-refractivity contribution in [2.24, 2.45) is 5.92 Å². The number of benzene rings is 1. The second-order valence-electron chi connectivity index (χ2n) is 6.84. The van der Waals surface area contributed by atoms with Crippen LogP contribution in [0.1, 0.15) is 35.8 Å². The minimum atomic E-state index is -0.380. The lowest BCUT2D eigenvalue weighted by atomic mass is 10.0. The van der Waals surface area contributed by atoms with Crippen molar-refractivity contribution in [2.45, 2.75) is 26.3 Å². The number of rotatable bonds is 6. The first-order valence-corrected chi connectivity index (χ1v) is 10.3. The highest BCUT2D eigenvalue weighted by atomic mass is 35.5. The molecule has 0 radical (unpaired) electrons. The summed E-state index contributed by atoms with van der Waals surface area (Å²) in [6.45, 7) is 5.13. The Bertz CT molecular complexity index is 811. The molecule has 27 heavy (non-hydrogen) atoms. The molecule has 3 rings (SSSR count). The number of nitrogens with one attached hydrogen (secondary N) is 2. The molecule has 2 amide bonds. The maximum atomic E-state index is 12.1. The fourth-order valence-corrected chi connectivity index (χ4v) is 4.10. The summed E-state index contributed by atoms with van der Waals surface area (Å²) in [5, 5.41) is 8.17. The fourth-order valence-electron chi connectivity index (χ4n) is 3.16. The zero-order chi connectivity index (χ0) is 19.2. The molecular formula is C19H23ClN4O2S. The van der Waals surface area contributed by atoms with Crippen LogP contribution in [0.5, 0.6) is 0 Å². The van der Waals surface area contributed by atoms with Gasteiger partial charge in [0, 0.05) is 18.5 Å². The predicted molar refractivity (Wildman–Crippen MR) is 108 cm³/mol. The van der Waals surface area contributed by atoms with E-state index in [1.54, 1.807) is 24.3 Å². The zero-order valence-electron chi connectivity index (χ0n) is 15.2. The van der Waals surface area contributed by atoms with Crippen molar-refractivity contribution in [1.82, 2.24) is 15.2 Å². The zero-order valence-corrected chi connectivity index (χ0v) is 16.8. The van der Waals surface area contributed by atoms with Crippen LogP contribution in [-0.4, -0.2) is 41.3 Å². The molecule has 0 aliphatic carbocycles. The van der Waals surface area contributed by atoms with E-state index in [0.29, 0.717) is 15.7 Å². The molecule has 1 saturated heterocycles.